The molecule has 1 atom stereocenters. The maximum atomic E-state index is 11.5. The van der Waals surface area contributed by atoms with Gasteiger partial charge in [0.05, 0.1) is 0 Å². The normalized spacial score (nSPS) is 13.8. The average molecular weight is 243 g/mol. The van der Waals surface area contributed by atoms with Crippen molar-refractivity contribution in [3.8, 4) is 0 Å². The summed E-state index contributed by atoms with van der Waals surface area (Å²) in [7, 11) is 0. The first-order chi connectivity index (χ1) is 7.76. The van der Waals surface area contributed by atoms with Crippen LogP contribution in [0.1, 0.15) is 41.0 Å². The molecular weight excluding hydrogens is 214 g/mol. The van der Waals surface area contributed by atoms with Crippen LogP contribution in [0.5, 0.6) is 0 Å². The molecule has 0 aromatic rings. The van der Waals surface area contributed by atoms with Gasteiger partial charge >= 0.3 is 0 Å². The third-order valence-corrected chi connectivity index (χ3v) is 2.70. The molecule has 17 heavy (non-hydrogen) atoms. The molecule has 4 nitrogen and oxygen atoms in total. The molecule has 0 bridgehead atoms. The second-order valence-corrected chi connectivity index (χ2v) is 5.99. The van der Waals surface area contributed by atoms with Crippen molar-refractivity contribution in [2.75, 3.05) is 19.6 Å². The fraction of sp³-hybridized carbons (Fsp3) is 0.923. The summed E-state index contributed by atoms with van der Waals surface area (Å²) >= 11 is 0. The molecule has 0 rings (SSSR count). The van der Waals surface area contributed by atoms with E-state index in [4.69, 9.17) is 5.73 Å². The number of nitrogens with one attached hydrogen (secondary N) is 2. The van der Waals surface area contributed by atoms with E-state index < -0.39 is 0 Å². The summed E-state index contributed by atoms with van der Waals surface area (Å²) < 4.78 is 0. The van der Waals surface area contributed by atoms with Crippen molar-refractivity contribution in [1.29, 1.82) is 0 Å². The van der Waals surface area contributed by atoms with Crippen molar-refractivity contribution in [3.63, 3.8) is 0 Å². The summed E-state index contributed by atoms with van der Waals surface area (Å²) in [5.74, 6) is 1.16. The van der Waals surface area contributed by atoms with Crippen LogP contribution in [0.2, 0.25) is 0 Å². The lowest BCUT2D eigenvalue weighted by Gasteiger charge is -2.21. The molecular formula is C13H29N3O. The van der Waals surface area contributed by atoms with Gasteiger partial charge in [0.2, 0.25) is 5.91 Å². The SMILES string of the molecule is CC(C)C(CN)CNCCC(=O)NC(C)(C)C. The lowest BCUT2D eigenvalue weighted by molar-refractivity contribution is -0.122. The first kappa shape index (κ1) is 16.4. The Kier molecular flexibility index (Phi) is 7.39. The van der Waals surface area contributed by atoms with E-state index in [9.17, 15) is 4.79 Å². The van der Waals surface area contributed by atoms with Gasteiger partial charge in [-0.1, -0.05) is 13.8 Å². The third kappa shape index (κ3) is 9.12. The van der Waals surface area contributed by atoms with E-state index >= 15 is 0 Å². The Morgan fingerprint density at radius 3 is 2.29 bits per heavy atom. The van der Waals surface area contributed by atoms with Crippen LogP contribution >= 0.6 is 0 Å². The van der Waals surface area contributed by atoms with Crippen LogP contribution in [0.3, 0.4) is 0 Å². The summed E-state index contributed by atoms with van der Waals surface area (Å²) in [5, 5.41) is 6.23. The number of carbonyl (C=O) groups is 1. The summed E-state index contributed by atoms with van der Waals surface area (Å²) in [6, 6.07) is 0. The Balaban J connectivity index is 3.67. The first-order valence-electron chi connectivity index (χ1n) is 6.48. The minimum atomic E-state index is -0.144. The second kappa shape index (κ2) is 7.67. The van der Waals surface area contributed by atoms with Crippen molar-refractivity contribution in [2.45, 2.75) is 46.6 Å². The molecule has 0 saturated heterocycles. The lowest BCUT2D eigenvalue weighted by Crippen LogP contribution is -2.42. The number of nitrogens with two attached hydrogens (primary N) is 1. The number of hydrogen-bond donors (Lipinski definition) is 3. The highest BCUT2D eigenvalue weighted by molar-refractivity contribution is 5.76. The van der Waals surface area contributed by atoms with E-state index in [1.54, 1.807) is 0 Å². The maximum absolute atomic E-state index is 11.5. The largest absolute Gasteiger partial charge is 0.351 e. The molecule has 0 fully saturated rings. The van der Waals surface area contributed by atoms with Gasteiger partial charge in [-0.2, -0.15) is 0 Å². The summed E-state index contributed by atoms with van der Waals surface area (Å²) in [6.45, 7) is 12.6. The van der Waals surface area contributed by atoms with Gasteiger partial charge in [-0.15, -0.1) is 0 Å². The smallest absolute Gasteiger partial charge is 0.221 e. The molecule has 0 saturated carbocycles. The van der Waals surface area contributed by atoms with Crippen LogP contribution in [-0.2, 0) is 4.79 Å². The predicted molar refractivity (Wildman–Crippen MR) is 72.8 cm³/mol. The highest BCUT2D eigenvalue weighted by Gasteiger charge is 2.14. The molecule has 4 heteroatoms. The van der Waals surface area contributed by atoms with Crippen molar-refractivity contribution in [3.05, 3.63) is 0 Å². The highest BCUT2D eigenvalue weighted by Crippen LogP contribution is 2.07. The first-order valence-corrected chi connectivity index (χ1v) is 6.48. The van der Waals surface area contributed by atoms with Crippen LogP contribution in [0, 0.1) is 11.8 Å². The molecule has 1 unspecified atom stereocenters. The van der Waals surface area contributed by atoms with Gasteiger partial charge in [-0.05, 0) is 45.7 Å². The minimum Gasteiger partial charge on any atom is -0.351 e. The second-order valence-electron chi connectivity index (χ2n) is 5.99. The van der Waals surface area contributed by atoms with E-state index in [1.807, 2.05) is 20.8 Å². The Morgan fingerprint density at radius 2 is 1.88 bits per heavy atom. The van der Waals surface area contributed by atoms with Crippen LogP contribution in [0.4, 0.5) is 0 Å². The van der Waals surface area contributed by atoms with Gasteiger partial charge in [-0.25, -0.2) is 0 Å². The molecule has 102 valence electrons. The molecule has 0 aliphatic heterocycles. The number of amides is 1. The zero-order chi connectivity index (χ0) is 13.5. The van der Waals surface area contributed by atoms with E-state index in [0.29, 0.717) is 31.3 Å². The minimum absolute atomic E-state index is 0.0962. The standard InChI is InChI=1S/C13H29N3O/c1-10(2)11(8-14)9-15-7-6-12(17)16-13(3,4)5/h10-11,15H,6-9,14H2,1-5H3,(H,16,17). The number of hydrogen-bond acceptors (Lipinski definition) is 3. The van der Waals surface area contributed by atoms with Gasteiger partial charge in [0.1, 0.15) is 0 Å². The van der Waals surface area contributed by atoms with Crippen molar-refractivity contribution >= 4 is 5.91 Å². The van der Waals surface area contributed by atoms with Gasteiger partial charge in [-0.3, -0.25) is 4.79 Å². The van der Waals surface area contributed by atoms with E-state index in [0.717, 1.165) is 6.54 Å². The van der Waals surface area contributed by atoms with Crippen molar-refractivity contribution in [1.82, 2.24) is 10.6 Å². The number of rotatable bonds is 7. The summed E-state index contributed by atoms with van der Waals surface area (Å²) in [4.78, 5) is 11.5. The molecule has 0 heterocycles. The number of carbonyl (C=O) groups excluding carboxylic acids is 1. The van der Waals surface area contributed by atoms with Gasteiger partial charge in [0.25, 0.3) is 0 Å². The Labute approximate surface area is 106 Å². The van der Waals surface area contributed by atoms with Crippen molar-refractivity contribution < 1.29 is 4.79 Å². The highest BCUT2D eigenvalue weighted by atomic mass is 16.1. The molecule has 0 radical (unpaired) electrons. The summed E-state index contributed by atoms with van der Waals surface area (Å²) in [5.41, 5.74) is 5.54. The topological polar surface area (TPSA) is 67.1 Å². The van der Waals surface area contributed by atoms with E-state index in [1.165, 1.54) is 0 Å². The molecule has 0 aromatic carbocycles. The molecule has 0 spiro atoms. The fourth-order valence-corrected chi connectivity index (χ4v) is 1.56. The molecule has 0 aliphatic carbocycles. The van der Waals surface area contributed by atoms with Gasteiger partial charge < -0.3 is 16.4 Å². The zero-order valence-electron chi connectivity index (χ0n) is 12.0. The monoisotopic (exact) mass is 243 g/mol. The van der Waals surface area contributed by atoms with Crippen LogP contribution in [0.15, 0.2) is 0 Å². The van der Waals surface area contributed by atoms with E-state index in [2.05, 4.69) is 24.5 Å². The van der Waals surface area contributed by atoms with Gasteiger partial charge in [0, 0.05) is 18.5 Å². The maximum Gasteiger partial charge on any atom is 0.221 e. The zero-order valence-corrected chi connectivity index (χ0v) is 12.0. The Bertz CT molecular complexity index is 221. The predicted octanol–water partition coefficient (Wildman–Crippen LogP) is 1.11. The summed E-state index contributed by atoms with van der Waals surface area (Å²) in [6.07, 6.45) is 0.520. The molecule has 0 aliphatic rings. The van der Waals surface area contributed by atoms with Gasteiger partial charge in [0.15, 0.2) is 0 Å². The fourth-order valence-electron chi connectivity index (χ4n) is 1.56. The van der Waals surface area contributed by atoms with E-state index in [-0.39, 0.29) is 11.4 Å². The molecule has 0 aromatic heterocycles. The molecule has 1 amide bonds. The quantitative estimate of drug-likeness (QED) is 0.587. The third-order valence-electron chi connectivity index (χ3n) is 2.70. The Hall–Kier alpha value is -0.610. The molecule has 4 N–H and O–H groups in total. The Morgan fingerprint density at radius 1 is 1.29 bits per heavy atom. The van der Waals surface area contributed by atoms with Crippen LogP contribution in [0.25, 0.3) is 0 Å². The van der Waals surface area contributed by atoms with Crippen LogP contribution in [-0.4, -0.2) is 31.1 Å². The average Bonchev–Trinajstić information content (AvgIpc) is 2.14. The van der Waals surface area contributed by atoms with Crippen LogP contribution < -0.4 is 16.4 Å². The lowest BCUT2D eigenvalue weighted by atomic mass is 9.96. The van der Waals surface area contributed by atoms with Crippen molar-refractivity contribution in [2.24, 2.45) is 17.6 Å².